The second kappa shape index (κ2) is 5.74. The summed E-state index contributed by atoms with van der Waals surface area (Å²) in [4.78, 5) is 4.25. The van der Waals surface area contributed by atoms with Crippen LogP contribution in [0.25, 0.3) is 0 Å². The topological polar surface area (TPSA) is 42.3 Å². The molecule has 1 aromatic rings. The predicted molar refractivity (Wildman–Crippen MR) is 78.4 cm³/mol. The van der Waals surface area contributed by atoms with E-state index in [0.717, 1.165) is 29.0 Å². The predicted octanol–water partition coefficient (Wildman–Crippen LogP) is 3.36. The highest BCUT2D eigenvalue weighted by Gasteiger charge is 2.20. The quantitative estimate of drug-likeness (QED) is 0.787. The first-order chi connectivity index (χ1) is 8.25. The molecule has 0 fully saturated rings. The molecule has 0 aliphatic carbocycles. The third-order valence-corrected chi connectivity index (χ3v) is 4.04. The minimum absolute atomic E-state index is 0.323. The smallest absolute Gasteiger partial charge is 0.145 e. The lowest BCUT2D eigenvalue weighted by molar-refractivity contribution is 0.650. The second-order valence-corrected chi connectivity index (χ2v) is 7.30. The molecule has 0 saturated carbocycles. The molecular weight excluding hydrogens is 244 g/mol. The van der Waals surface area contributed by atoms with E-state index < -0.39 is 11.0 Å². The molecule has 100 valence electrons. The van der Waals surface area contributed by atoms with Crippen molar-refractivity contribution in [3.8, 4) is 0 Å². The lowest BCUT2D eigenvalue weighted by Crippen LogP contribution is -2.21. The Morgan fingerprint density at radius 3 is 2.50 bits per heavy atom. The number of hydrogen-bond acceptors (Lipinski definition) is 2. The molecule has 0 bridgehead atoms. The number of hydrogen-bond donors (Lipinski definition) is 0. The SMILES string of the molecule is CC/C(=N\[S@](=O)C(C)(C)C)c1cc(C)ncc1C. The zero-order valence-corrected chi connectivity index (χ0v) is 12.9. The van der Waals surface area contributed by atoms with Gasteiger partial charge in [0.2, 0.25) is 0 Å². The Bertz CT molecular complexity index is 487. The molecule has 1 atom stereocenters. The molecule has 0 unspecified atom stereocenters. The summed E-state index contributed by atoms with van der Waals surface area (Å²) in [6.45, 7) is 11.8. The van der Waals surface area contributed by atoms with E-state index in [-0.39, 0.29) is 4.75 Å². The van der Waals surface area contributed by atoms with Crippen LogP contribution in [-0.2, 0) is 11.0 Å². The highest BCUT2D eigenvalue weighted by atomic mass is 32.2. The van der Waals surface area contributed by atoms with Crippen LogP contribution in [0.1, 0.15) is 50.9 Å². The Morgan fingerprint density at radius 2 is 2.00 bits per heavy atom. The summed E-state index contributed by atoms with van der Waals surface area (Å²) in [5, 5.41) is 0. The Hall–Kier alpha value is -1.03. The number of nitrogens with zero attached hydrogens (tertiary/aromatic N) is 2. The van der Waals surface area contributed by atoms with Crippen molar-refractivity contribution in [2.75, 3.05) is 0 Å². The molecule has 0 amide bonds. The van der Waals surface area contributed by atoms with E-state index in [1.807, 2.05) is 53.8 Å². The van der Waals surface area contributed by atoms with E-state index in [2.05, 4.69) is 9.38 Å². The van der Waals surface area contributed by atoms with Gasteiger partial charge in [-0.3, -0.25) is 4.98 Å². The molecule has 4 heteroatoms. The van der Waals surface area contributed by atoms with Crippen LogP contribution in [0.2, 0.25) is 0 Å². The average Bonchev–Trinajstić information content (AvgIpc) is 2.28. The van der Waals surface area contributed by atoms with E-state index >= 15 is 0 Å². The van der Waals surface area contributed by atoms with Gasteiger partial charge in [0, 0.05) is 17.5 Å². The Balaban J connectivity index is 3.22. The fourth-order valence-corrected chi connectivity index (χ4v) is 2.18. The summed E-state index contributed by atoms with van der Waals surface area (Å²) in [7, 11) is -1.22. The van der Waals surface area contributed by atoms with Gasteiger partial charge in [0.25, 0.3) is 0 Å². The molecule has 18 heavy (non-hydrogen) atoms. The number of rotatable bonds is 3. The molecule has 0 aliphatic rings. The third kappa shape index (κ3) is 3.73. The van der Waals surface area contributed by atoms with Crippen molar-refractivity contribution >= 4 is 16.7 Å². The van der Waals surface area contributed by atoms with Crippen LogP contribution in [0.4, 0.5) is 0 Å². The molecule has 0 radical (unpaired) electrons. The fraction of sp³-hybridized carbons (Fsp3) is 0.571. The molecule has 0 aliphatic heterocycles. The fourth-order valence-electron chi connectivity index (χ4n) is 1.48. The van der Waals surface area contributed by atoms with Gasteiger partial charge >= 0.3 is 0 Å². The average molecular weight is 266 g/mol. The van der Waals surface area contributed by atoms with Crippen molar-refractivity contribution in [1.29, 1.82) is 0 Å². The standard InChI is InChI=1S/C14H22N2OS/c1-7-13(16-18(17)14(4,5)6)12-8-11(3)15-9-10(12)2/h8-9H,7H2,1-6H3/b16-13+/t18-/m1/s1. The minimum atomic E-state index is -1.22. The monoisotopic (exact) mass is 266 g/mol. The molecular formula is C14H22N2OS. The Labute approximate surface area is 112 Å². The maximum Gasteiger partial charge on any atom is 0.145 e. The van der Waals surface area contributed by atoms with Gasteiger partial charge in [-0.2, -0.15) is 4.40 Å². The normalized spacial score (nSPS) is 14.7. The van der Waals surface area contributed by atoms with E-state index in [1.165, 1.54) is 0 Å². The van der Waals surface area contributed by atoms with Gasteiger partial charge in [-0.15, -0.1) is 0 Å². The molecule has 1 heterocycles. The molecule has 0 saturated heterocycles. The first-order valence-electron chi connectivity index (χ1n) is 6.19. The van der Waals surface area contributed by atoms with Gasteiger partial charge in [0.05, 0.1) is 10.5 Å². The summed E-state index contributed by atoms with van der Waals surface area (Å²) in [6.07, 6.45) is 2.61. The van der Waals surface area contributed by atoms with Crippen molar-refractivity contribution in [3.05, 3.63) is 29.1 Å². The summed E-state index contributed by atoms with van der Waals surface area (Å²) >= 11 is 0. The highest BCUT2D eigenvalue weighted by molar-refractivity contribution is 7.85. The number of pyridine rings is 1. The van der Waals surface area contributed by atoms with Crippen LogP contribution in [0, 0.1) is 13.8 Å². The summed E-state index contributed by atoms with van der Waals surface area (Å²) in [5.74, 6) is 0. The minimum Gasteiger partial charge on any atom is -0.261 e. The van der Waals surface area contributed by atoms with E-state index in [0.29, 0.717) is 0 Å². The van der Waals surface area contributed by atoms with E-state index in [9.17, 15) is 4.21 Å². The third-order valence-electron chi connectivity index (χ3n) is 2.60. The maximum absolute atomic E-state index is 12.1. The van der Waals surface area contributed by atoms with Crippen molar-refractivity contribution in [1.82, 2.24) is 4.98 Å². The van der Waals surface area contributed by atoms with Crippen molar-refractivity contribution < 1.29 is 4.21 Å². The zero-order valence-electron chi connectivity index (χ0n) is 12.1. The Kier molecular flexibility index (Phi) is 4.79. The van der Waals surface area contributed by atoms with E-state index in [1.54, 1.807) is 0 Å². The van der Waals surface area contributed by atoms with Gasteiger partial charge in [-0.1, -0.05) is 6.92 Å². The van der Waals surface area contributed by atoms with Crippen LogP contribution in [0.5, 0.6) is 0 Å². The van der Waals surface area contributed by atoms with Crippen LogP contribution in [0.15, 0.2) is 16.7 Å². The maximum atomic E-state index is 12.1. The molecule has 1 aromatic heterocycles. The summed E-state index contributed by atoms with van der Waals surface area (Å²) < 4.78 is 16.2. The highest BCUT2D eigenvalue weighted by Crippen LogP contribution is 2.17. The van der Waals surface area contributed by atoms with Crippen molar-refractivity contribution in [2.24, 2.45) is 4.40 Å². The van der Waals surface area contributed by atoms with Crippen molar-refractivity contribution in [3.63, 3.8) is 0 Å². The molecule has 0 N–H and O–H groups in total. The van der Waals surface area contributed by atoms with E-state index in [4.69, 9.17) is 0 Å². The number of aryl methyl sites for hydroxylation is 2. The second-order valence-electron chi connectivity index (χ2n) is 5.39. The molecule has 3 nitrogen and oxygen atoms in total. The molecule has 0 aromatic carbocycles. The summed E-state index contributed by atoms with van der Waals surface area (Å²) in [6, 6.07) is 2.01. The van der Waals surface area contributed by atoms with Gasteiger partial charge in [0.15, 0.2) is 0 Å². The van der Waals surface area contributed by atoms with Crippen LogP contribution in [-0.4, -0.2) is 19.7 Å². The first kappa shape index (κ1) is 15.0. The first-order valence-corrected chi connectivity index (χ1v) is 7.29. The lowest BCUT2D eigenvalue weighted by atomic mass is 10.0. The van der Waals surface area contributed by atoms with Gasteiger partial charge < -0.3 is 0 Å². The Morgan fingerprint density at radius 1 is 1.39 bits per heavy atom. The van der Waals surface area contributed by atoms with Crippen LogP contribution < -0.4 is 0 Å². The van der Waals surface area contributed by atoms with Gasteiger partial charge in [-0.05, 0) is 52.7 Å². The van der Waals surface area contributed by atoms with Crippen molar-refractivity contribution in [2.45, 2.75) is 52.7 Å². The van der Waals surface area contributed by atoms with Crippen LogP contribution in [0.3, 0.4) is 0 Å². The molecule has 1 rings (SSSR count). The van der Waals surface area contributed by atoms with Crippen LogP contribution >= 0.6 is 0 Å². The summed E-state index contributed by atoms with van der Waals surface area (Å²) in [5.41, 5.74) is 3.99. The number of aromatic nitrogens is 1. The lowest BCUT2D eigenvalue weighted by Gasteiger charge is -2.15. The van der Waals surface area contributed by atoms with Gasteiger partial charge in [-0.25, -0.2) is 4.21 Å². The molecule has 0 spiro atoms. The largest absolute Gasteiger partial charge is 0.261 e. The van der Waals surface area contributed by atoms with Gasteiger partial charge in [0.1, 0.15) is 11.0 Å². The zero-order chi connectivity index (χ0) is 13.9.